The number of sulfonamides is 1. The summed E-state index contributed by atoms with van der Waals surface area (Å²) in [6, 6.07) is 15.7. The van der Waals surface area contributed by atoms with Crippen LogP contribution in [0, 0.1) is 0 Å². The molecule has 0 aliphatic carbocycles. The number of nitrogens with zero attached hydrogens (tertiary/aromatic N) is 2. The quantitative estimate of drug-likeness (QED) is 0.498. The second kappa shape index (κ2) is 11.9. The van der Waals surface area contributed by atoms with Gasteiger partial charge in [-0.15, -0.1) is 6.58 Å². The van der Waals surface area contributed by atoms with Crippen LogP contribution in [0.3, 0.4) is 0 Å². The van der Waals surface area contributed by atoms with Crippen LogP contribution in [0.1, 0.15) is 37.3 Å². The maximum atomic E-state index is 13.2. The first-order chi connectivity index (χ1) is 16.3. The standard InChI is InChI=1S/C26H33N3O4S/c1-3-17-27-26(31)21(2)29(20-23-9-5-4-6-10-23)25(30)16-13-22-11-14-24(15-12-22)34(32,33)28-18-7-8-19-28/h3-6,9-12,14-15,21H,1,7-8,13,16-20H2,2H3,(H,27,31)/t21-/m1/s1. The number of carbonyl (C=O) groups is 2. The molecule has 0 spiro atoms. The van der Waals surface area contributed by atoms with Gasteiger partial charge < -0.3 is 10.2 Å². The van der Waals surface area contributed by atoms with Crippen molar-refractivity contribution >= 4 is 21.8 Å². The number of nitrogens with one attached hydrogen (secondary N) is 1. The van der Waals surface area contributed by atoms with Gasteiger partial charge in [0.25, 0.3) is 0 Å². The number of aryl methyl sites for hydroxylation is 1. The molecule has 1 N–H and O–H groups in total. The molecule has 1 atom stereocenters. The summed E-state index contributed by atoms with van der Waals surface area (Å²) in [6.45, 7) is 7.12. The molecule has 1 heterocycles. The van der Waals surface area contributed by atoms with E-state index in [0.717, 1.165) is 24.0 Å². The van der Waals surface area contributed by atoms with Gasteiger partial charge >= 0.3 is 0 Å². The first-order valence-corrected chi connectivity index (χ1v) is 13.1. The van der Waals surface area contributed by atoms with Crippen LogP contribution in [0.2, 0.25) is 0 Å². The monoisotopic (exact) mass is 483 g/mol. The number of hydrogen-bond donors (Lipinski definition) is 1. The van der Waals surface area contributed by atoms with Crippen molar-refractivity contribution in [2.45, 2.75) is 50.1 Å². The van der Waals surface area contributed by atoms with Crippen molar-refractivity contribution in [3.8, 4) is 0 Å². The van der Waals surface area contributed by atoms with Crippen LogP contribution in [0.25, 0.3) is 0 Å². The Hall–Kier alpha value is -2.97. The number of carbonyl (C=O) groups excluding carboxylic acids is 2. The molecule has 3 rings (SSSR count). The molecule has 1 aliphatic rings. The predicted molar refractivity (Wildman–Crippen MR) is 132 cm³/mol. The lowest BCUT2D eigenvalue weighted by molar-refractivity contribution is -0.140. The summed E-state index contributed by atoms with van der Waals surface area (Å²) < 4.78 is 26.9. The Labute approximate surface area is 202 Å². The highest BCUT2D eigenvalue weighted by Crippen LogP contribution is 2.21. The van der Waals surface area contributed by atoms with E-state index in [0.29, 0.717) is 32.6 Å². The smallest absolute Gasteiger partial charge is 0.243 e. The summed E-state index contributed by atoms with van der Waals surface area (Å²) in [6.07, 6.45) is 4.05. The first kappa shape index (κ1) is 25.6. The fraction of sp³-hybridized carbons (Fsp3) is 0.385. The third-order valence-corrected chi connectivity index (χ3v) is 7.95. The minimum atomic E-state index is -3.46. The summed E-state index contributed by atoms with van der Waals surface area (Å²) in [5, 5.41) is 2.76. The van der Waals surface area contributed by atoms with Crippen LogP contribution in [-0.4, -0.2) is 55.1 Å². The highest BCUT2D eigenvalue weighted by Gasteiger charge is 2.28. The molecule has 1 fully saturated rings. The predicted octanol–water partition coefficient (Wildman–Crippen LogP) is 3.12. The lowest BCUT2D eigenvalue weighted by atomic mass is 10.1. The van der Waals surface area contributed by atoms with Crippen LogP contribution in [0.4, 0.5) is 0 Å². The van der Waals surface area contributed by atoms with Crippen LogP contribution < -0.4 is 5.32 Å². The zero-order chi connectivity index (χ0) is 24.6. The summed E-state index contributed by atoms with van der Waals surface area (Å²) in [4.78, 5) is 27.6. The Morgan fingerprint density at radius 3 is 2.32 bits per heavy atom. The van der Waals surface area contributed by atoms with Crippen molar-refractivity contribution in [2.75, 3.05) is 19.6 Å². The van der Waals surface area contributed by atoms with Crippen LogP contribution >= 0.6 is 0 Å². The van der Waals surface area contributed by atoms with Crippen molar-refractivity contribution in [3.63, 3.8) is 0 Å². The van der Waals surface area contributed by atoms with E-state index in [4.69, 9.17) is 0 Å². The van der Waals surface area contributed by atoms with Crippen molar-refractivity contribution in [2.24, 2.45) is 0 Å². The normalized spacial score (nSPS) is 15.0. The average Bonchev–Trinajstić information content (AvgIpc) is 3.41. The zero-order valence-electron chi connectivity index (χ0n) is 19.7. The van der Waals surface area contributed by atoms with Gasteiger partial charge in [-0.05, 0) is 49.4 Å². The zero-order valence-corrected chi connectivity index (χ0v) is 20.5. The van der Waals surface area contributed by atoms with Crippen molar-refractivity contribution in [1.29, 1.82) is 0 Å². The highest BCUT2D eigenvalue weighted by atomic mass is 32.2. The van der Waals surface area contributed by atoms with E-state index in [1.807, 2.05) is 30.3 Å². The fourth-order valence-electron chi connectivity index (χ4n) is 3.98. The van der Waals surface area contributed by atoms with Gasteiger partial charge in [-0.25, -0.2) is 8.42 Å². The van der Waals surface area contributed by atoms with Crippen molar-refractivity contribution < 1.29 is 18.0 Å². The van der Waals surface area contributed by atoms with E-state index in [9.17, 15) is 18.0 Å². The second-order valence-electron chi connectivity index (χ2n) is 8.47. The Kier molecular flexibility index (Phi) is 9.01. The lowest BCUT2D eigenvalue weighted by Crippen LogP contribution is -2.47. The maximum absolute atomic E-state index is 13.2. The molecule has 2 aromatic rings. The van der Waals surface area contributed by atoms with Crippen LogP contribution in [-0.2, 0) is 32.6 Å². The topological polar surface area (TPSA) is 86.8 Å². The third kappa shape index (κ3) is 6.55. The lowest BCUT2D eigenvalue weighted by Gasteiger charge is -2.29. The molecule has 1 saturated heterocycles. The van der Waals surface area contributed by atoms with Gasteiger partial charge in [0.1, 0.15) is 6.04 Å². The molecule has 2 aromatic carbocycles. The molecule has 182 valence electrons. The number of hydrogen-bond acceptors (Lipinski definition) is 4. The molecule has 34 heavy (non-hydrogen) atoms. The van der Waals surface area contributed by atoms with E-state index >= 15 is 0 Å². The molecule has 1 aliphatic heterocycles. The highest BCUT2D eigenvalue weighted by molar-refractivity contribution is 7.89. The summed E-state index contributed by atoms with van der Waals surface area (Å²) in [7, 11) is -3.46. The van der Waals surface area contributed by atoms with Crippen LogP contribution in [0.5, 0.6) is 0 Å². The van der Waals surface area contributed by atoms with Gasteiger partial charge in [0.2, 0.25) is 21.8 Å². The minimum absolute atomic E-state index is 0.140. The average molecular weight is 484 g/mol. The molecule has 0 aromatic heterocycles. The van der Waals surface area contributed by atoms with E-state index in [1.54, 1.807) is 42.2 Å². The number of rotatable bonds is 11. The molecule has 8 heteroatoms. The Balaban J connectivity index is 1.67. The third-order valence-electron chi connectivity index (χ3n) is 6.04. The molecule has 2 amide bonds. The maximum Gasteiger partial charge on any atom is 0.243 e. The van der Waals surface area contributed by atoms with Gasteiger partial charge in [0, 0.05) is 32.6 Å². The fourth-order valence-corrected chi connectivity index (χ4v) is 5.50. The Morgan fingerprint density at radius 2 is 1.71 bits per heavy atom. The summed E-state index contributed by atoms with van der Waals surface area (Å²) in [5.74, 6) is -0.375. The van der Waals surface area contributed by atoms with Gasteiger partial charge in [-0.2, -0.15) is 4.31 Å². The molecular weight excluding hydrogens is 450 g/mol. The molecule has 0 bridgehead atoms. The van der Waals surface area contributed by atoms with E-state index in [2.05, 4.69) is 11.9 Å². The van der Waals surface area contributed by atoms with Gasteiger partial charge in [-0.1, -0.05) is 48.5 Å². The molecule has 0 saturated carbocycles. The first-order valence-electron chi connectivity index (χ1n) is 11.6. The summed E-state index contributed by atoms with van der Waals surface area (Å²) >= 11 is 0. The molecular formula is C26H33N3O4S. The van der Waals surface area contributed by atoms with E-state index in [-0.39, 0.29) is 23.1 Å². The number of amides is 2. The largest absolute Gasteiger partial charge is 0.351 e. The Morgan fingerprint density at radius 1 is 1.06 bits per heavy atom. The SMILES string of the molecule is C=CCNC(=O)[C@@H](C)N(Cc1ccccc1)C(=O)CCc1ccc(S(=O)(=O)N2CCCC2)cc1. The number of benzene rings is 2. The van der Waals surface area contributed by atoms with Gasteiger partial charge in [0.15, 0.2) is 0 Å². The van der Waals surface area contributed by atoms with E-state index in [1.165, 1.54) is 4.31 Å². The second-order valence-corrected chi connectivity index (χ2v) is 10.4. The Bertz CT molecular complexity index is 1080. The van der Waals surface area contributed by atoms with Gasteiger partial charge in [0.05, 0.1) is 4.90 Å². The van der Waals surface area contributed by atoms with Gasteiger partial charge in [-0.3, -0.25) is 9.59 Å². The molecule has 0 radical (unpaired) electrons. The molecule has 7 nitrogen and oxygen atoms in total. The van der Waals surface area contributed by atoms with Crippen molar-refractivity contribution in [1.82, 2.24) is 14.5 Å². The summed E-state index contributed by atoms with van der Waals surface area (Å²) in [5.41, 5.74) is 1.81. The molecule has 0 unspecified atom stereocenters. The van der Waals surface area contributed by atoms with Crippen molar-refractivity contribution in [3.05, 3.63) is 78.4 Å². The van der Waals surface area contributed by atoms with Crippen LogP contribution in [0.15, 0.2) is 72.1 Å². The minimum Gasteiger partial charge on any atom is -0.351 e. The van der Waals surface area contributed by atoms with E-state index < -0.39 is 16.1 Å².